The van der Waals surface area contributed by atoms with E-state index in [9.17, 15) is 9.59 Å². The lowest BCUT2D eigenvalue weighted by Gasteiger charge is -2.13. The second kappa shape index (κ2) is 6.42. The maximum absolute atomic E-state index is 12.0. The molecule has 0 spiro atoms. The number of thioether (sulfide) groups is 1. The molecule has 1 heterocycles. The Morgan fingerprint density at radius 3 is 3.00 bits per heavy atom. The van der Waals surface area contributed by atoms with Crippen LogP contribution in [0.1, 0.15) is 16.8 Å². The lowest BCUT2D eigenvalue weighted by Crippen LogP contribution is -2.41. The van der Waals surface area contributed by atoms with Crippen molar-refractivity contribution in [3.63, 3.8) is 0 Å². The number of aliphatic carboxylic acids is 1. The van der Waals surface area contributed by atoms with Gasteiger partial charge in [-0.3, -0.25) is 4.79 Å². The summed E-state index contributed by atoms with van der Waals surface area (Å²) >= 11 is 1.54. The summed E-state index contributed by atoms with van der Waals surface area (Å²) in [7, 11) is 0. The standard InChI is InChI=1S/C13H14N2O4S/c1-20-5-4-9(13(17)18)15-12(16)8-2-3-11-10(6-8)14-7-19-11/h2-3,6-7,9H,4-5H2,1H3,(H,15,16)(H,17,18). The number of rotatable bonds is 6. The van der Waals surface area contributed by atoms with Gasteiger partial charge >= 0.3 is 5.97 Å². The number of benzene rings is 1. The van der Waals surface area contributed by atoms with Gasteiger partial charge in [-0.15, -0.1) is 0 Å². The van der Waals surface area contributed by atoms with Gasteiger partial charge in [0.1, 0.15) is 11.6 Å². The zero-order chi connectivity index (χ0) is 14.5. The normalized spacial score (nSPS) is 12.2. The number of oxazole rings is 1. The molecule has 0 saturated heterocycles. The monoisotopic (exact) mass is 294 g/mol. The molecule has 0 fully saturated rings. The lowest BCUT2D eigenvalue weighted by atomic mass is 10.1. The lowest BCUT2D eigenvalue weighted by molar-refractivity contribution is -0.139. The minimum atomic E-state index is -1.03. The Balaban J connectivity index is 2.10. The molecule has 0 aliphatic rings. The van der Waals surface area contributed by atoms with Crippen molar-refractivity contribution in [2.24, 2.45) is 0 Å². The van der Waals surface area contributed by atoms with Crippen LogP contribution in [0.5, 0.6) is 0 Å². The zero-order valence-electron chi connectivity index (χ0n) is 10.8. The number of hydrogen-bond acceptors (Lipinski definition) is 5. The number of nitrogens with zero attached hydrogens (tertiary/aromatic N) is 1. The van der Waals surface area contributed by atoms with Crippen LogP contribution in [0.3, 0.4) is 0 Å². The first-order valence-corrected chi connectivity index (χ1v) is 7.37. The van der Waals surface area contributed by atoms with Crippen molar-refractivity contribution < 1.29 is 19.1 Å². The van der Waals surface area contributed by atoms with Crippen molar-refractivity contribution in [2.75, 3.05) is 12.0 Å². The molecule has 2 rings (SSSR count). The van der Waals surface area contributed by atoms with Gasteiger partial charge < -0.3 is 14.8 Å². The predicted molar refractivity (Wildman–Crippen MR) is 75.9 cm³/mol. The molecule has 0 bridgehead atoms. The highest BCUT2D eigenvalue weighted by Gasteiger charge is 2.20. The van der Waals surface area contributed by atoms with Crippen LogP contribution in [-0.4, -0.2) is 40.0 Å². The van der Waals surface area contributed by atoms with Crippen molar-refractivity contribution >= 4 is 34.7 Å². The summed E-state index contributed by atoms with van der Waals surface area (Å²) in [5.74, 6) is -0.794. The first kappa shape index (κ1) is 14.4. The highest BCUT2D eigenvalue weighted by atomic mass is 32.2. The van der Waals surface area contributed by atoms with Crippen LogP contribution >= 0.6 is 11.8 Å². The Hall–Kier alpha value is -2.02. The molecule has 0 saturated carbocycles. The maximum atomic E-state index is 12.0. The molecule has 6 nitrogen and oxygen atoms in total. The Morgan fingerprint density at radius 2 is 2.30 bits per heavy atom. The van der Waals surface area contributed by atoms with E-state index in [4.69, 9.17) is 9.52 Å². The minimum absolute atomic E-state index is 0.363. The van der Waals surface area contributed by atoms with Gasteiger partial charge in [-0.2, -0.15) is 11.8 Å². The number of carboxylic acid groups (broad SMARTS) is 1. The molecule has 7 heteroatoms. The molecule has 2 aromatic rings. The first-order chi connectivity index (χ1) is 9.61. The quantitative estimate of drug-likeness (QED) is 0.843. The Bertz CT molecular complexity index is 626. The van der Waals surface area contributed by atoms with Crippen molar-refractivity contribution in [1.82, 2.24) is 10.3 Å². The molecule has 2 N–H and O–H groups in total. The fraction of sp³-hybridized carbons (Fsp3) is 0.308. The predicted octanol–water partition coefficient (Wildman–Crippen LogP) is 1.76. The summed E-state index contributed by atoms with van der Waals surface area (Å²) in [5.41, 5.74) is 1.51. The van der Waals surface area contributed by atoms with Gasteiger partial charge in [0, 0.05) is 5.56 Å². The first-order valence-electron chi connectivity index (χ1n) is 5.97. The van der Waals surface area contributed by atoms with Crippen LogP contribution in [0.25, 0.3) is 11.1 Å². The Morgan fingerprint density at radius 1 is 1.50 bits per heavy atom. The van der Waals surface area contributed by atoms with E-state index in [-0.39, 0.29) is 0 Å². The van der Waals surface area contributed by atoms with E-state index in [0.29, 0.717) is 28.8 Å². The van der Waals surface area contributed by atoms with Crippen molar-refractivity contribution in [3.8, 4) is 0 Å². The van der Waals surface area contributed by atoms with Crippen LogP contribution < -0.4 is 5.32 Å². The van der Waals surface area contributed by atoms with Gasteiger partial charge in [0.2, 0.25) is 0 Å². The second-order valence-electron chi connectivity index (χ2n) is 4.18. The average Bonchev–Trinajstić information content (AvgIpc) is 2.90. The van der Waals surface area contributed by atoms with Crippen LogP contribution in [0, 0.1) is 0 Å². The van der Waals surface area contributed by atoms with Gasteiger partial charge in [0.15, 0.2) is 12.0 Å². The minimum Gasteiger partial charge on any atom is -0.480 e. The number of fused-ring (bicyclic) bond motifs is 1. The van der Waals surface area contributed by atoms with E-state index < -0.39 is 17.9 Å². The Labute approximate surface area is 119 Å². The van der Waals surface area contributed by atoms with E-state index >= 15 is 0 Å². The molecule has 0 aliphatic carbocycles. The molecule has 1 unspecified atom stereocenters. The van der Waals surface area contributed by atoms with Crippen LogP contribution in [0.4, 0.5) is 0 Å². The van der Waals surface area contributed by atoms with E-state index in [2.05, 4.69) is 10.3 Å². The summed E-state index contributed by atoms with van der Waals surface area (Å²) in [5, 5.41) is 11.6. The van der Waals surface area contributed by atoms with Crippen LogP contribution in [-0.2, 0) is 4.79 Å². The van der Waals surface area contributed by atoms with Gasteiger partial charge in [-0.05, 0) is 36.6 Å². The summed E-state index contributed by atoms with van der Waals surface area (Å²) in [6, 6.07) is 3.90. The summed E-state index contributed by atoms with van der Waals surface area (Å²) in [4.78, 5) is 27.1. The molecule has 106 valence electrons. The van der Waals surface area contributed by atoms with E-state index in [0.717, 1.165) is 0 Å². The Kier molecular flexibility index (Phi) is 4.62. The second-order valence-corrected chi connectivity index (χ2v) is 5.17. The molecule has 1 atom stereocenters. The van der Waals surface area contributed by atoms with Gasteiger partial charge in [-0.25, -0.2) is 9.78 Å². The van der Waals surface area contributed by atoms with Crippen molar-refractivity contribution in [1.29, 1.82) is 0 Å². The average molecular weight is 294 g/mol. The molecule has 1 aromatic heterocycles. The van der Waals surface area contributed by atoms with E-state index in [1.807, 2.05) is 6.26 Å². The molecule has 0 radical (unpaired) electrons. The topological polar surface area (TPSA) is 92.4 Å². The molecule has 0 aliphatic heterocycles. The number of nitrogens with one attached hydrogen (secondary N) is 1. The largest absolute Gasteiger partial charge is 0.480 e. The number of carbonyl (C=O) groups is 2. The van der Waals surface area contributed by atoms with Gasteiger partial charge in [-0.1, -0.05) is 0 Å². The van der Waals surface area contributed by atoms with E-state index in [1.54, 1.807) is 18.2 Å². The van der Waals surface area contributed by atoms with Gasteiger partial charge in [0.05, 0.1) is 0 Å². The zero-order valence-corrected chi connectivity index (χ0v) is 11.6. The molecular formula is C13H14N2O4S. The van der Waals surface area contributed by atoms with Crippen molar-refractivity contribution in [3.05, 3.63) is 30.2 Å². The van der Waals surface area contributed by atoms with Crippen LogP contribution in [0.2, 0.25) is 0 Å². The fourth-order valence-electron chi connectivity index (χ4n) is 1.73. The van der Waals surface area contributed by atoms with E-state index in [1.165, 1.54) is 18.2 Å². The third kappa shape index (κ3) is 3.30. The number of hydrogen-bond donors (Lipinski definition) is 2. The molecule has 1 amide bonds. The molecule has 20 heavy (non-hydrogen) atoms. The number of aromatic nitrogens is 1. The fourth-order valence-corrected chi connectivity index (χ4v) is 2.21. The third-order valence-electron chi connectivity index (χ3n) is 2.81. The number of carboxylic acids is 1. The molecular weight excluding hydrogens is 280 g/mol. The number of amides is 1. The SMILES string of the molecule is CSCCC(NC(=O)c1ccc2ocnc2c1)C(=O)O. The highest BCUT2D eigenvalue weighted by Crippen LogP contribution is 2.14. The smallest absolute Gasteiger partial charge is 0.326 e. The third-order valence-corrected chi connectivity index (χ3v) is 3.45. The highest BCUT2D eigenvalue weighted by molar-refractivity contribution is 7.98. The number of carbonyl (C=O) groups excluding carboxylic acids is 1. The summed E-state index contributed by atoms with van der Waals surface area (Å²) in [6.45, 7) is 0. The maximum Gasteiger partial charge on any atom is 0.326 e. The van der Waals surface area contributed by atoms with Crippen molar-refractivity contribution in [2.45, 2.75) is 12.5 Å². The summed E-state index contributed by atoms with van der Waals surface area (Å²) in [6.07, 6.45) is 3.57. The van der Waals surface area contributed by atoms with Gasteiger partial charge in [0.25, 0.3) is 5.91 Å². The van der Waals surface area contributed by atoms with Crippen LogP contribution in [0.15, 0.2) is 29.0 Å². The molecule has 1 aromatic carbocycles. The summed E-state index contributed by atoms with van der Waals surface area (Å²) < 4.78 is 5.09.